The van der Waals surface area contributed by atoms with E-state index < -0.39 is 0 Å². The van der Waals surface area contributed by atoms with Crippen LogP contribution in [0.15, 0.2) is 48.5 Å². The first kappa shape index (κ1) is 21.5. The van der Waals surface area contributed by atoms with Crippen LogP contribution < -0.4 is 0 Å². The second kappa shape index (κ2) is 9.51. The first-order chi connectivity index (χ1) is 13.2. The number of aliphatic hydroxyl groups is 1. The standard InChI is InChI=1S/C22H24Cl2N2O.ClH/c23-19-5-3-6-20(24)22(19)16-8-10-25(11-9-16)15-18-14-17-4-1-2-7-21(17)26(18)12-13-27;/h1-7,14,16,27H,8-13,15H2;1H. The van der Waals surface area contributed by atoms with Crippen LogP contribution in [0.5, 0.6) is 0 Å². The van der Waals surface area contributed by atoms with Crippen molar-refractivity contribution in [2.45, 2.75) is 31.8 Å². The minimum atomic E-state index is 0. The summed E-state index contributed by atoms with van der Waals surface area (Å²) in [4.78, 5) is 2.49. The molecular formula is C22H25Cl3N2O. The molecule has 1 aliphatic rings. The molecule has 3 nitrogen and oxygen atoms in total. The Bertz CT molecular complexity index is 912. The van der Waals surface area contributed by atoms with E-state index in [0.717, 1.165) is 48.1 Å². The van der Waals surface area contributed by atoms with Crippen molar-refractivity contribution in [1.29, 1.82) is 0 Å². The number of fused-ring (bicyclic) bond motifs is 1. The summed E-state index contributed by atoms with van der Waals surface area (Å²) in [6.45, 7) is 3.73. The predicted molar refractivity (Wildman–Crippen MR) is 120 cm³/mol. The number of piperidine rings is 1. The Hall–Kier alpha value is -1.23. The monoisotopic (exact) mass is 438 g/mol. The van der Waals surface area contributed by atoms with Gasteiger partial charge >= 0.3 is 0 Å². The molecule has 2 heterocycles. The molecule has 1 fully saturated rings. The highest BCUT2D eigenvalue weighted by Gasteiger charge is 2.25. The smallest absolute Gasteiger partial charge is 0.0610 e. The molecule has 0 spiro atoms. The van der Waals surface area contributed by atoms with Crippen LogP contribution in [0.25, 0.3) is 10.9 Å². The van der Waals surface area contributed by atoms with Crippen molar-refractivity contribution in [1.82, 2.24) is 9.47 Å². The van der Waals surface area contributed by atoms with Crippen LogP contribution >= 0.6 is 35.6 Å². The number of hydrogen-bond donors (Lipinski definition) is 1. The molecule has 0 atom stereocenters. The maximum absolute atomic E-state index is 9.48. The van der Waals surface area contributed by atoms with Crippen molar-refractivity contribution < 1.29 is 5.11 Å². The number of nitrogens with zero attached hydrogens (tertiary/aromatic N) is 2. The highest BCUT2D eigenvalue weighted by Crippen LogP contribution is 2.37. The van der Waals surface area contributed by atoms with E-state index in [-0.39, 0.29) is 19.0 Å². The average Bonchev–Trinajstić information content (AvgIpc) is 3.01. The third kappa shape index (κ3) is 4.34. The highest BCUT2D eigenvalue weighted by atomic mass is 35.5. The quantitative estimate of drug-likeness (QED) is 0.549. The summed E-state index contributed by atoms with van der Waals surface area (Å²) >= 11 is 12.8. The van der Waals surface area contributed by atoms with Gasteiger partial charge in [0.15, 0.2) is 0 Å². The fourth-order valence-corrected chi connectivity index (χ4v) is 4.98. The predicted octanol–water partition coefficient (Wildman–Crippen LogP) is 5.74. The third-order valence-electron chi connectivity index (χ3n) is 5.60. The van der Waals surface area contributed by atoms with Gasteiger partial charge in [-0.1, -0.05) is 47.5 Å². The molecule has 0 unspecified atom stereocenters. The minimum Gasteiger partial charge on any atom is -0.395 e. The van der Waals surface area contributed by atoms with E-state index in [2.05, 4.69) is 39.8 Å². The van der Waals surface area contributed by atoms with Crippen LogP contribution in [0.2, 0.25) is 10.0 Å². The zero-order valence-corrected chi connectivity index (χ0v) is 18.0. The molecule has 1 N–H and O–H groups in total. The van der Waals surface area contributed by atoms with Crippen molar-refractivity contribution in [3.05, 3.63) is 69.8 Å². The molecule has 0 saturated carbocycles. The molecule has 0 aliphatic carbocycles. The van der Waals surface area contributed by atoms with Crippen LogP contribution in [0.3, 0.4) is 0 Å². The second-order valence-electron chi connectivity index (χ2n) is 7.26. The molecule has 3 aromatic rings. The van der Waals surface area contributed by atoms with Gasteiger partial charge in [0.25, 0.3) is 0 Å². The summed E-state index contributed by atoms with van der Waals surface area (Å²) < 4.78 is 2.24. The SMILES string of the molecule is Cl.OCCn1c(CN2CCC(c3c(Cl)cccc3Cl)CC2)cc2ccccc21. The largest absolute Gasteiger partial charge is 0.395 e. The number of likely N-dealkylation sites (tertiary alicyclic amines) is 1. The van der Waals surface area contributed by atoms with Crippen LogP contribution in [-0.2, 0) is 13.1 Å². The number of hydrogen-bond acceptors (Lipinski definition) is 2. The third-order valence-corrected chi connectivity index (χ3v) is 6.26. The van der Waals surface area contributed by atoms with Crippen molar-refractivity contribution in [2.75, 3.05) is 19.7 Å². The molecule has 0 radical (unpaired) electrons. The van der Waals surface area contributed by atoms with E-state index in [1.807, 2.05) is 18.2 Å². The van der Waals surface area contributed by atoms with Gasteiger partial charge < -0.3 is 9.67 Å². The Labute approximate surface area is 182 Å². The minimum absolute atomic E-state index is 0. The topological polar surface area (TPSA) is 28.4 Å². The van der Waals surface area contributed by atoms with Crippen LogP contribution in [-0.4, -0.2) is 34.3 Å². The molecule has 28 heavy (non-hydrogen) atoms. The fraction of sp³-hybridized carbons (Fsp3) is 0.364. The Morgan fingerprint density at radius 3 is 2.32 bits per heavy atom. The molecule has 1 saturated heterocycles. The molecule has 0 bridgehead atoms. The Balaban J connectivity index is 0.00000225. The second-order valence-corrected chi connectivity index (χ2v) is 8.07. The van der Waals surface area contributed by atoms with Crippen LogP contribution in [0, 0.1) is 0 Å². The summed E-state index contributed by atoms with van der Waals surface area (Å²) in [6.07, 6.45) is 2.12. The first-order valence-electron chi connectivity index (χ1n) is 9.51. The van der Waals surface area contributed by atoms with Crippen molar-refractivity contribution >= 4 is 46.5 Å². The van der Waals surface area contributed by atoms with Crippen molar-refractivity contribution in [3.63, 3.8) is 0 Å². The van der Waals surface area contributed by atoms with Crippen molar-refractivity contribution in [2.24, 2.45) is 0 Å². The Kier molecular flexibility index (Phi) is 7.30. The lowest BCUT2D eigenvalue weighted by Crippen LogP contribution is -2.33. The van der Waals surface area contributed by atoms with Gasteiger partial charge in [0.05, 0.1) is 6.61 Å². The van der Waals surface area contributed by atoms with Gasteiger partial charge in [-0.05, 0) is 67.1 Å². The molecule has 1 aliphatic heterocycles. The van der Waals surface area contributed by atoms with E-state index in [1.54, 1.807) is 0 Å². The summed E-state index contributed by atoms with van der Waals surface area (Å²) in [5.74, 6) is 0.422. The Morgan fingerprint density at radius 1 is 0.964 bits per heavy atom. The van der Waals surface area contributed by atoms with Crippen LogP contribution in [0.1, 0.15) is 30.0 Å². The average molecular weight is 440 g/mol. The summed E-state index contributed by atoms with van der Waals surface area (Å²) in [6, 6.07) is 16.4. The van der Waals surface area contributed by atoms with Gasteiger partial charge in [0.2, 0.25) is 0 Å². The highest BCUT2D eigenvalue weighted by molar-refractivity contribution is 6.36. The zero-order valence-electron chi connectivity index (χ0n) is 15.7. The van der Waals surface area contributed by atoms with E-state index in [0.29, 0.717) is 12.5 Å². The van der Waals surface area contributed by atoms with Crippen LogP contribution in [0.4, 0.5) is 0 Å². The lowest BCUT2D eigenvalue weighted by atomic mass is 9.89. The summed E-state index contributed by atoms with van der Waals surface area (Å²) in [5.41, 5.74) is 3.56. The maximum atomic E-state index is 9.48. The van der Waals surface area contributed by atoms with Gasteiger partial charge in [-0.15, -0.1) is 12.4 Å². The number of benzene rings is 2. The van der Waals surface area contributed by atoms with E-state index >= 15 is 0 Å². The Morgan fingerprint density at radius 2 is 1.64 bits per heavy atom. The van der Waals surface area contributed by atoms with Crippen molar-refractivity contribution in [3.8, 4) is 0 Å². The van der Waals surface area contributed by atoms with Gasteiger partial charge in [-0.25, -0.2) is 0 Å². The van der Waals surface area contributed by atoms with Gasteiger partial charge in [0.1, 0.15) is 0 Å². The number of rotatable bonds is 5. The molecule has 4 rings (SSSR count). The molecule has 2 aromatic carbocycles. The zero-order chi connectivity index (χ0) is 18.8. The van der Waals surface area contributed by atoms with E-state index in [4.69, 9.17) is 23.2 Å². The number of aliphatic hydroxyl groups excluding tert-OH is 1. The van der Waals surface area contributed by atoms with Gasteiger partial charge in [-0.3, -0.25) is 4.90 Å². The fourth-order valence-electron chi connectivity index (χ4n) is 4.27. The first-order valence-corrected chi connectivity index (χ1v) is 10.3. The molecular weight excluding hydrogens is 415 g/mol. The normalized spacial score (nSPS) is 15.7. The molecule has 6 heteroatoms. The number of para-hydroxylation sites is 1. The van der Waals surface area contributed by atoms with E-state index in [1.165, 1.54) is 16.6 Å². The lowest BCUT2D eigenvalue weighted by molar-refractivity contribution is 0.198. The summed E-state index contributed by atoms with van der Waals surface area (Å²) in [7, 11) is 0. The molecule has 1 aromatic heterocycles. The summed E-state index contributed by atoms with van der Waals surface area (Å²) in [5, 5.41) is 12.3. The maximum Gasteiger partial charge on any atom is 0.0610 e. The van der Waals surface area contributed by atoms with Gasteiger partial charge in [0, 0.05) is 34.3 Å². The number of halogens is 3. The van der Waals surface area contributed by atoms with E-state index in [9.17, 15) is 5.11 Å². The number of aromatic nitrogens is 1. The molecule has 0 amide bonds. The van der Waals surface area contributed by atoms with Gasteiger partial charge in [-0.2, -0.15) is 0 Å². The lowest BCUT2D eigenvalue weighted by Gasteiger charge is -2.33. The molecule has 150 valence electrons.